The molecule has 1 aliphatic heterocycles. The number of hydrogen-bond acceptors (Lipinski definition) is 4. The SMILES string of the molecule is COc1cc2ccccc2cc1C(=O)NC(=S)Nc1ccc(N2CCCC[C@@H]2C)cc1. The first kappa shape index (κ1) is 21.1. The molecule has 0 aliphatic carbocycles. The minimum absolute atomic E-state index is 0.249. The van der Waals surface area contributed by atoms with E-state index in [1.807, 2.05) is 48.5 Å². The summed E-state index contributed by atoms with van der Waals surface area (Å²) in [5.74, 6) is 0.206. The molecule has 0 saturated carbocycles. The summed E-state index contributed by atoms with van der Waals surface area (Å²) in [5, 5.41) is 8.09. The molecule has 1 saturated heterocycles. The highest BCUT2D eigenvalue weighted by molar-refractivity contribution is 7.80. The number of hydrogen-bond donors (Lipinski definition) is 2. The third-order valence-electron chi connectivity index (χ3n) is 5.80. The molecular formula is C25H27N3O2S. The molecule has 1 aliphatic rings. The lowest BCUT2D eigenvalue weighted by atomic mass is 10.0. The fraction of sp³-hybridized carbons (Fsp3) is 0.280. The van der Waals surface area contributed by atoms with E-state index in [0.29, 0.717) is 17.4 Å². The van der Waals surface area contributed by atoms with Crippen molar-refractivity contribution in [3.05, 3.63) is 66.2 Å². The summed E-state index contributed by atoms with van der Waals surface area (Å²) in [6, 6.07) is 20.3. The molecule has 160 valence electrons. The number of methoxy groups -OCH3 is 1. The van der Waals surface area contributed by atoms with Crippen molar-refractivity contribution in [2.75, 3.05) is 23.9 Å². The molecule has 1 heterocycles. The number of nitrogens with one attached hydrogen (secondary N) is 2. The summed E-state index contributed by atoms with van der Waals surface area (Å²) >= 11 is 5.37. The Morgan fingerprint density at radius 2 is 1.77 bits per heavy atom. The molecular weight excluding hydrogens is 406 g/mol. The number of amides is 1. The van der Waals surface area contributed by atoms with Crippen molar-refractivity contribution in [1.29, 1.82) is 0 Å². The summed E-state index contributed by atoms with van der Waals surface area (Å²) in [6.07, 6.45) is 3.76. The predicted octanol–water partition coefficient (Wildman–Crippen LogP) is 5.35. The molecule has 1 fully saturated rings. The number of piperidine rings is 1. The van der Waals surface area contributed by atoms with Gasteiger partial charge in [-0.2, -0.15) is 0 Å². The van der Waals surface area contributed by atoms with E-state index in [1.54, 1.807) is 7.11 Å². The number of rotatable bonds is 4. The van der Waals surface area contributed by atoms with Crippen molar-refractivity contribution < 1.29 is 9.53 Å². The first-order valence-electron chi connectivity index (χ1n) is 10.6. The van der Waals surface area contributed by atoms with Crippen molar-refractivity contribution in [3.63, 3.8) is 0 Å². The third-order valence-corrected chi connectivity index (χ3v) is 6.00. The van der Waals surface area contributed by atoms with E-state index >= 15 is 0 Å². The molecule has 0 aromatic heterocycles. The number of fused-ring (bicyclic) bond motifs is 1. The minimum Gasteiger partial charge on any atom is -0.496 e. The van der Waals surface area contributed by atoms with Crippen molar-refractivity contribution in [3.8, 4) is 5.75 Å². The lowest BCUT2D eigenvalue weighted by Gasteiger charge is -2.35. The van der Waals surface area contributed by atoms with Crippen LogP contribution in [0.4, 0.5) is 11.4 Å². The second-order valence-corrected chi connectivity index (χ2v) is 8.30. The van der Waals surface area contributed by atoms with Crippen LogP contribution in [0.15, 0.2) is 60.7 Å². The molecule has 31 heavy (non-hydrogen) atoms. The third kappa shape index (κ3) is 4.80. The number of benzene rings is 3. The molecule has 1 amide bonds. The van der Waals surface area contributed by atoms with Gasteiger partial charge < -0.3 is 15.0 Å². The van der Waals surface area contributed by atoms with Crippen molar-refractivity contribution in [1.82, 2.24) is 5.32 Å². The Morgan fingerprint density at radius 1 is 1.06 bits per heavy atom. The van der Waals surface area contributed by atoms with E-state index in [0.717, 1.165) is 23.0 Å². The molecule has 0 bridgehead atoms. The summed E-state index contributed by atoms with van der Waals surface area (Å²) in [6.45, 7) is 3.37. The maximum atomic E-state index is 12.8. The Balaban J connectivity index is 1.43. The smallest absolute Gasteiger partial charge is 0.261 e. The quantitative estimate of drug-likeness (QED) is 0.543. The van der Waals surface area contributed by atoms with Crippen LogP contribution in [0.3, 0.4) is 0 Å². The highest BCUT2D eigenvalue weighted by atomic mass is 32.1. The minimum atomic E-state index is -0.307. The van der Waals surface area contributed by atoms with E-state index in [2.05, 4.69) is 34.6 Å². The van der Waals surface area contributed by atoms with E-state index in [9.17, 15) is 4.79 Å². The number of carbonyl (C=O) groups excluding carboxylic acids is 1. The highest BCUT2D eigenvalue weighted by Crippen LogP contribution is 2.27. The van der Waals surface area contributed by atoms with Crippen LogP contribution >= 0.6 is 12.2 Å². The van der Waals surface area contributed by atoms with E-state index < -0.39 is 0 Å². The van der Waals surface area contributed by atoms with Crippen LogP contribution in [0.2, 0.25) is 0 Å². The maximum Gasteiger partial charge on any atom is 0.261 e. The van der Waals surface area contributed by atoms with Gasteiger partial charge in [-0.1, -0.05) is 24.3 Å². The Kier molecular flexibility index (Phi) is 6.37. The average Bonchev–Trinajstić information content (AvgIpc) is 2.79. The van der Waals surface area contributed by atoms with Crippen LogP contribution in [0, 0.1) is 0 Å². The largest absolute Gasteiger partial charge is 0.496 e. The van der Waals surface area contributed by atoms with Crippen LogP contribution < -0.4 is 20.3 Å². The van der Waals surface area contributed by atoms with Gasteiger partial charge in [-0.05, 0) is 85.6 Å². The van der Waals surface area contributed by atoms with Gasteiger partial charge in [0.2, 0.25) is 0 Å². The normalized spacial score (nSPS) is 16.1. The fourth-order valence-corrected chi connectivity index (χ4v) is 4.33. The van der Waals surface area contributed by atoms with E-state index in [-0.39, 0.29) is 11.0 Å². The van der Waals surface area contributed by atoms with Gasteiger partial charge in [0.25, 0.3) is 5.91 Å². The summed E-state index contributed by atoms with van der Waals surface area (Å²) < 4.78 is 5.42. The van der Waals surface area contributed by atoms with Crippen molar-refractivity contribution in [2.24, 2.45) is 0 Å². The van der Waals surface area contributed by atoms with Gasteiger partial charge in [0, 0.05) is 24.0 Å². The van der Waals surface area contributed by atoms with E-state index in [4.69, 9.17) is 17.0 Å². The van der Waals surface area contributed by atoms with Crippen LogP contribution in [-0.2, 0) is 0 Å². The molecule has 4 rings (SSSR count). The summed E-state index contributed by atoms with van der Waals surface area (Å²) in [7, 11) is 1.56. The molecule has 0 radical (unpaired) electrons. The van der Waals surface area contributed by atoms with Gasteiger partial charge in [0.1, 0.15) is 5.75 Å². The van der Waals surface area contributed by atoms with Gasteiger partial charge in [0.15, 0.2) is 5.11 Å². The highest BCUT2D eigenvalue weighted by Gasteiger charge is 2.19. The summed E-state index contributed by atoms with van der Waals surface area (Å²) in [5.41, 5.74) is 2.50. The molecule has 3 aromatic rings. The second-order valence-electron chi connectivity index (χ2n) is 7.89. The van der Waals surface area contributed by atoms with Gasteiger partial charge in [-0.3, -0.25) is 10.1 Å². The van der Waals surface area contributed by atoms with Gasteiger partial charge in [-0.25, -0.2) is 0 Å². The van der Waals surface area contributed by atoms with Crippen LogP contribution in [-0.4, -0.2) is 30.7 Å². The van der Waals surface area contributed by atoms with Gasteiger partial charge in [0.05, 0.1) is 12.7 Å². The Bertz CT molecular complexity index is 1100. The molecule has 1 atom stereocenters. The van der Waals surface area contributed by atoms with Crippen molar-refractivity contribution in [2.45, 2.75) is 32.2 Å². The van der Waals surface area contributed by atoms with Crippen LogP contribution in [0.5, 0.6) is 5.75 Å². The topological polar surface area (TPSA) is 53.6 Å². The zero-order valence-corrected chi connectivity index (χ0v) is 18.7. The number of nitrogens with zero attached hydrogens (tertiary/aromatic N) is 1. The molecule has 0 unspecified atom stereocenters. The average molecular weight is 434 g/mol. The fourth-order valence-electron chi connectivity index (χ4n) is 4.12. The maximum absolute atomic E-state index is 12.8. The molecule has 5 nitrogen and oxygen atoms in total. The van der Waals surface area contributed by atoms with Crippen LogP contribution in [0.1, 0.15) is 36.5 Å². The summed E-state index contributed by atoms with van der Waals surface area (Å²) in [4.78, 5) is 15.3. The molecule has 3 aromatic carbocycles. The second kappa shape index (κ2) is 9.35. The first-order chi connectivity index (χ1) is 15.0. The van der Waals surface area contributed by atoms with E-state index in [1.165, 1.54) is 24.9 Å². The van der Waals surface area contributed by atoms with Gasteiger partial charge >= 0.3 is 0 Å². The lowest BCUT2D eigenvalue weighted by Crippen LogP contribution is -2.37. The Hall–Kier alpha value is -3.12. The zero-order chi connectivity index (χ0) is 21.8. The number of carbonyl (C=O) groups is 1. The van der Waals surface area contributed by atoms with Gasteiger partial charge in [-0.15, -0.1) is 0 Å². The predicted molar refractivity (Wildman–Crippen MR) is 131 cm³/mol. The number of anilines is 2. The molecule has 0 spiro atoms. The van der Waals surface area contributed by atoms with Crippen LogP contribution in [0.25, 0.3) is 10.8 Å². The standard InChI is InChI=1S/C25H27N3O2S/c1-17-7-5-6-14-28(17)21-12-10-20(11-13-21)26-25(31)27-24(29)22-15-18-8-3-4-9-19(18)16-23(22)30-2/h3-4,8-13,15-17H,5-7,14H2,1-2H3,(H2,26,27,29,31)/t17-/m0/s1. The number of thiocarbonyl (C=S) groups is 1. The number of ether oxygens (including phenoxy) is 1. The van der Waals surface area contributed by atoms with Crippen molar-refractivity contribution >= 4 is 45.4 Å². The zero-order valence-electron chi connectivity index (χ0n) is 17.9. The lowest BCUT2D eigenvalue weighted by molar-refractivity contribution is 0.0975. The monoisotopic (exact) mass is 433 g/mol. The molecule has 2 N–H and O–H groups in total. The Morgan fingerprint density at radius 3 is 2.45 bits per heavy atom. The first-order valence-corrected chi connectivity index (χ1v) is 11.0. The Labute approximate surface area is 188 Å². The molecule has 6 heteroatoms.